The highest BCUT2D eigenvalue weighted by atomic mass is 35.5. The van der Waals surface area contributed by atoms with Gasteiger partial charge in [0.1, 0.15) is 5.69 Å². The molecule has 0 atom stereocenters. The van der Waals surface area contributed by atoms with Gasteiger partial charge in [0.05, 0.1) is 4.92 Å². The van der Waals surface area contributed by atoms with E-state index in [0.29, 0.717) is 30.1 Å². The summed E-state index contributed by atoms with van der Waals surface area (Å²) in [6.07, 6.45) is 1.18. The minimum absolute atomic E-state index is 0.185. The lowest BCUT2D eigenvalue weighted by molar-refractivity contribution is -0.385. The first kappa shape index (κ1) is 18.9. The standard InChI is InChI=1S/C17H21ClN4O3/c1-4-6-13-15(22(24)25)14(21-20-13)16(23)19-10-17(2,3)11-7-5-8-12(18)9-11/h5,7-9H,4,6,10H2,1-3H3,(H,19,23)(H,20,21). The van der Waals surface area contributed by atoms with E-state index in [9.17, 15) is 14.9 Å². The Morgan fingerprint density at radius 3 is 2.76 bits per heavy atom. The van der Waals surface area contributed by atoms with Crippen LogP contribution in [0, 0.1) is 10.1 Å². The number of amides is 1. The lowest BCUT2D eigenvalue weighted by Gasteiger charge is -2.25. The fourth-order valence-electron chi connectivity index (χ4n) is 2.55. The quantitative estimate of drug-likeness (QED) is 0.578. The molecule has 1 amide bonds. The molecule has 1 heterocycles. The van der Waals surface area contributed by atoms with E-state index in [-0.39, 0.29) is 11.4 Å². The molecule has 2 aromatic rings. The Morgan fingerprint density at radius 1 is 1.44 bits per heavy atom. The average Bonchev–Trinajstić information content (AvgIpc) is 2.97. The van der Waals surface area contributed by atoms with Crippen LogP contribution < -0.4 is 5.32 Å². The number of aromatic nitrogens is 2. The number of halogens is 1. The number of nitrogens with one attached hydrogen (secondary N) is 2. The Hall–Kier alpha value is -2.41. The van der Waals surface area contributed by atoms with Crippen molar-refractivity contribution >= 4 is 23.2 Å². The van der Waals surface area contributed by atoms with Crippen LogP contribution in [0.15, 0.2) is 24.3 Å². The van der Waals surface area contributed by atoms with Crippen molar-refractivity contribution in [2.75, 3.05) is 6.54 Å². The molecular formula is C17H21ClN4O3. The molecule has 2 rings (SSSR count). The zero-order valence-corrected chi connectivity index (χ0v) is 15.2. The van der Waals surface area contributed by atoms with E-state index in [1.54, 1.807) is 6.07 Å². The van der Waals surface area contributed by atoms with Gasteiger partial charge in [-0.2, -0.15) is 5.10 Å². The molecule has 7 nitrogen and oxygen atoms in total. The van der Waals surface area contributed by atoms with Crippen LogP contribution in [0.1, 0.15) is 48.9 Å². The second-order valence-electron chi connectivity index (χ2n) is 6.48. The maximum Gasteiger partial charge on any atom is 0.322 e. The third-order valence-corrected chi connectivity index (χ3v) is 4.24. The third kappa shape index (κ3) is 4.36. The number of nitro groups is 1. The smallest absolute Gasteiger partial charge is 0.322 e. The Kier molecular flexibility index (Phi) is 5.79. The second kappa shape index (κ2) is 7.65. The number of carbonyl (C=O) groups is 1. The molecule has 0 aliphatic heterocycles. The van der Waals surface area contributed by atoms with Crippen LogP contribution in [-0.4, -0.2) is 27.6 Å². The van der Waals surface area contributed by atoms with Crippen LogP contribution in [0.2, 0.25) is 5.02 Å². The van der Waals surface area contributed by atoms with E-state index in [4.69, 9.17) is 11.6 Å². The van der Waals surface area contributed by atoms with E-state index < -0.39 is 16.2 Å². The minimum Gasteiger partial charge on any atom is -0.350 e. The molecule has 0 unspecified atom stereocenters. The third-order valence-electron chi connectivity index (χ3n) is 4.01. The summed E-state index contributed by atoms with van der Waals surface area (Å²) in [4.78, 5) is 23.1. The van der Waals surface area contributed by atoms with Crippen LogP contribution in [0.4, 0.5) is 5.69 Å². The number of nitrogens with zero attached hydrogens (tertiary/aromatic N) is 2. The van der Waals surface area contributed by atoms with Crippen molar-refractivity contribution in [1.29, 1.82) is 0 Å². The second-order valence-corrected chi connectivity index (χ2v) is 6.92. The molecular weight excluding hydrogens is 344 g/mol. The van der Waals surface area contributed by atoms with Crippen molar-refractivity contribution in [3.8, 4) is 0 Å². The molecule has 8 heteroatoms. The molecule has 0 spiro atoms. The van der Waals surface area contributed by atoms with Crippen molar-refractivity contribution in [1.82, 2.24) is 15.5 Å². The SMILES string of the molecule is CCCc1[nH]nc(C(=O)NCC(C)(C)c2cccc(Cl)c2)c1[N+](=O)[O-]. The predicted molar refractivity (Wildman–Crippen MR) is 96.0 cm³/mol. The maximum absolute atomic E-state index is 12.4. The van der Waals surface area contributed by atoms with Gasteiger partial charge in [0, 0.05) is 17.0 Å². The predicted octanol–water partition coefficient (Wildman–Crippen LogP) is 3.63. The Balaban J connectivity index is 2.16. The van der Waals surface area contributed by atoms with Crippen molar-refractivity contribution in [2.45, 2.75) is 39.0 Å². The summed E-state index contributed by atoms with van der Waals surface area (Å²) in [5, 5.41) is 21.1. The van der Waals surface area contributed by atoms with Gasteiger partial charge in [-0.25, -0.2) is 0 Å². The first-order valence-corrected chi connectivity index (χ1v) is 8.40. The number of carbonyl (C=O) groups excluding carboxylic acids is 1. The molecule has 0 saturated heterocycles. The van der Waals surface area contributed by atoms with Crippen molar-refractivity contribution in [2.24, 2.45) is 0 Å². The van der Waals surface area contributed by atoms with Gasteiger partial charge in [-0.3, -0.25) is 20.0 Å². The van der Waals surface area contributed by atoms with Crippen LogP contribution in [-0.2, 0) is 11.8 Å². The number of aromatic amines is 1. The van der Waals surface area contributed by atoms with Crippen molar-refractivity contribution < 1.29 is 9.72 Å². The first-order valence-electron chi connectivity index (χ1n) is 8.02. The summed E-state index contributed by atoms with van der Waals surface area (Å²) in [6, 6.07) is 7.39. The molecule has 0 radical (unpaired) electrons. The number of benzene rings is 1. The lowest BCUT2D eigenvalue weighted by Crippen LogP contribution is -2.37. The lowest BCUT2D eigenvalue weighted by atomic mass is 9.84. The van der Waals surface area contributed by atoms with Crippen LogP contribution in [0.3, 0.4) is 0 Å². The summed E-state index contributed by atoms with van der Waals surface area (Å²) in [7, 11) is 0. The van der Waals surface area contributed by atoms with Crippen molar-refractivity contribution in [3.05, 3.63) is 56.4 Å². The topological polar surface area (TPSA) is 101 Å². The monoisotopic (exact) mass is 364 g/mol. The van der Waals surface area contributed by atoms with Gasteiger partial charge in [-0.15, -0.1) is 0 Å². The fourth-order valence-corrected chi connectivity index (χ4v) is 2.74. The van der Waals surface area contributed by atoms with Gasteiger partial charge in [-0.1, -0.05) is 50.9 Å². The first-order chi connectivity index (χ1) is 11.8. The van der Waals surface area contributed by atoms with E-state index in [1.165, 1.54) is 0 Å². The van der Waals surface area contributed by atoms with Gasteiger partial charge < -0.3 is 5.32 Å². The van der Waals surface area contributed by atoms with Gasteiger partial charge in [0.2, 0.25) is 5.69 Å². The van der Waals surface area contributed by atoms with E-state index in [2.05, 4.69) is 15.5 Å². The molecule has 0 fully saturated rings. The number of H-pyrrole nitrogens is 1. The molecule has 0 aliphatic rings. The number of rotatable bonds is 7. The fraction of sp³-hybridized carbons (Fsp3) is 0.412. The number of hydrogen-bond donors (Lipinski definition) is 2. The zero-order chi connectivity index (χ0) is 18.6. The largest absolute Gasteiger partial charge is 0.350 e. The molecule has 0 saturated carbocycles. The molecule has 0 bridgehead atoms. The number of aryl methyl sites for hydroxylation is 1. The van der Waals surface area contributed by atoms with E-state index >= 15 is 0 Å². The Bertz CT molecular complexity index is 786. The summed E-state index contributed by atoms with van der Waals surface area (Å²) in [5.41, 5.74) is 0.503. The highest BCUT2D eigenvalue weighted by Gasteiger charge is 2.30. The summed E-state index contributed by atoms with van der Waals surface area (Å²) in [5.74, 6) is -0.569. The van der Waals surface area contributed by atoms with E-state index in [1.807, 2.05) is 39.0 Å². The molecule has 25 heavy (non-hydrogen) atoms. The van der Waals surface area contributed by atoms with Gasteiger partial charge in [-0.05, 0) is 24.1 Å². The Morgan fingerprint density at radius 2 is 2.16 bits per heavy atom. The molecule has 2 N–H and O–H groups in total. The highest BCUT2D eigenvalue weighted by Crippen LogP contribution is 2.26. The van der Waals surface area contributed by atoms with Gasteiger partial charge in [0.25, 0.3) is 5.91 Å². The normalized spacial score (nSPS) is 11.4. The van der Waals surface area contributed by atoms with Crippen molar-refractivity contribution in [3.63, 3.8) is 0 Å². The zero-order valence-electron chi connectivity index (χ0n) is 14.4. The molecule has 134 valence electrons. The van der Waals surface area contributed by atoms with Gasteiger partial charge in [0.15, 0.2) is 0 Å². The number of hydrogen-bond acceptors (Lipinski definition) is 4. The molecule has 1 aromatic heterocycles. The van der Waals surface area contributed by atoms with E-state index in [0.717, 1.165) is 5.56 Å². The molecule has 0 aliphatic carbocycles. The highest BCUT2D eigenvalue weighted by molar-refractivity contribution is 6.30. The van der Waals surface area contributed by atoms with Crippen LogP contribution >= 0.6 is 11.6 Å². The average molecular weight is 365 g/mol. The van der Waals surface area contributed by atoms with Crippen LogP contribution in [0.5, 0.6) is 0 Å². The molecule has 1 aromatic carbocycles. The summed E-state index contributed by atoms with van der Waals surface area (Å²) < 4.78 is 0. The summed E-state index contributed by atoms with van der Waals surface area (Å²) >= 11 is 6.02. The van der Waals surface area contributed by atoms with Crippen LogP contribution in [0.25, 0.3) is 0 Å². The maximum atomic E-state index is 12.4. The summed E-state index contributed by atoms with van der Waals surface area (Å²) in [6.45, 7) is 6.11. The minimum atomic E-state index is -0.569. The Labute approximate surface area is 150 Å². The van der Waals surface area contributed by atoms with Gasteiger partial charge >= 0.3 is 5.69 Å².